The highest BCUT2D eigenvalue weighted by Gasteiger charge is 1.95. The molecular weight excluding hydrogens is 172 g/mol. The van der Waals surface area contributed by atoms with Crippen LogP contribution < -0.4 is 0 Å². The molecule has 0 aromatic carbocycles. The van der Waals surface area contributed by atoms with Gasteiger partial charge in [0.05, 0.1) is 6.61 Å². The van der Waals surface area contributed by atoms with Crippen LogP contribution in [0.15, 0.2) is 0 Å². The summed E-state index contributed by atoms with van der Waals surface area (Å²) in [5.41, 5.74) is 0. The first-order valence-electron chi connectivity index (χ1n) is 4.48. The van der Waals surface area contributed by atoms with Crippen LogP contribution in [0, 0.1) is 0 Å². The minimum Gasteiger partial charge on any atom is -0.466 e. The van der Waals surface area contributed by atoms with E-state index in [2.05, 4.69) is 16.5 Å². The van der Waals surface area contributed by atoms with Crippen LogP contribution in [0.1, 0.15) is 33.1 Å². The first kappa shape index (κ1) is 11.8. The van der Waals surface area contributed by atoms with E-state index in [-0.39, 0.29) is 5.97 Å². The van der Waals surface area contributed by atoms with Crippen molar-refractivity contribution in [2.75, 3.05) is 18.1 Å². The van der Waals surface area contributed by atoms with Gasteiger partial charge < -0.3 is 4.74 Å². The van der Waals surface area contributed by atoms with Gasteiger partial charge in [0.1, 0.15) is 0 Å². The summed E-state index contributed by atoms with van der Waals surface area (Å²) >= 11 is 2.09. The number of thioether (sulfide) groups is 1. The normalized spacial score (nSPS) is 15.8. The van der Waals surface area contributed by atoms with Gasteiger partial charge in [0.25, 0.3) is 0 Å². The fourth-order valence-corrected chi connectivity index (χ4v) is 1.91. The van der Waals surface area contributed by atoms with Crippen molar-refractivity contribution < 1.29 is 9.53 Å². The summed E-state index contributed by atoms with van der Waals surface area (Å²) in [6.07, 6.45) is 4.41. The zero-order chi connectivity index (χ0) is 9.23. The summed E-state index contributed by atoms with van der Waals surface area (Å²) in [7, 11) is 0. The summed E-state index contributed by atoms with van der Waals surface area (Å²) < 4.78 is 4.40. The van der Waals surface area contributed by atoms with Crippen molar-refractivity contribution in [3.05, 3.63) is 0 Å². The minimum absolute atomic E-state index is 0.211. The Kier molecular flexibility index (Phi) is 8.78. The van der Waals surface area contributed by atoms with Gasteiger partial charge in [0, 0.05) is 6.92 Å². The van der Waals surface area contributed by atoms with Crippen LogP contribution in [0.2, 0.25) is 0 Å². The lowest BCUT2D eigenvalue weighted by Gasteiger charge is -2.05. The molecule has 0 radical (unpaired) electrons. The van der Waals surface area contributed by atoms with Crippen molar-refractivity contribution in [3.8, 4) is 0 Å². The third-order valence-electron chi connectivity index (χ3n) is 1.42. The van der Waals surface area contributed by atoms with E-state index in [0.29, 0.717) is 6.61 Å². The molecule has 0 amide bonds. The SMILES string of the molecule is C1CCSCC1.CCOC(C)=O. The zero-order valence-electron chi connectivity index (χ0n) is 7.97. The van der Waals surface area contributed by atoms with Crippen molar-refractivity contribution in [3.63, 3.8) is 0 Å². The Balaban J connectivity index is 0.000000202. The quantitative estimate of drug-likeness (QED) is 0.594. The second kappa shape index (κ2) is 8.91. The van der Waals surface area contributed by atoms with Crippen molar-refractivity contribution in [1.82, 2.24) is 0 Å². The fourth-order valence-electron chi connectivity index (χ4n) is 0.890. The molecule has 12 heavy (non-hydrogen) atoms. The molecule has 0 N–H and O–H groups in total. The van der Waals surface area contributed by atoms with Crippen LogP contribution >= 0.6 is 11.8 Å². The number of rotatable bonds is 1. The van der Waals surface area contributed by atoms with Crippen molar-refractivity contribution in [2.45, 2.75) is 33.1 Å². The van der Waals surface area contributed by atoms with E-state index in [0.717, 1.165) is 0 Å². The number of carbonyl (C=O) groups is 1. The molecule has 0 atom stereocenters. The molecule has 0 bridgehead atoms. The average Bonchev–Trinajstić information content (AvgIpc) is 2.08. The van der Waals surface area contributed by atoms with Gasteiger partial charge in [0.15, 0.2) is 0 Å². The van der Waals surface area contributed by atoms with Gasteiger partial charge in [-0.05, 0) is 31.3 Å². The molecule has 1 heterocycles. The highest BCUT2D eigenvalue weighted by atomic mass is 32.2. The molecule has 3 heteroatoms. The molecule has 1 aliphatic heterocycles. The smallest absolute Gasteiger partial charge is 0.302 e. The molecular formula is C9H18O2S. The Morgan fingerprint density at radius 3 is 2.00 bits per heavy atom. The van der Waals surface area contributed by atoms with Gasteiger partial charge in [0.2, 0.25) is 0 Å². The number of carbonyl (C=O) groups excluding carboxylic acids is 1. The van der Waals surface area contributed by atoms with Crippen LogP contribution in [0.5, 0.6) is 0 Å². The molecule has 0 spiro atoms. The lowest BCUT2D eigenvalue weighted by molar-refractivity contribution is -0.140. The Bertz CT molecular complexity index is 99.6. The third-order valence-corrected chi connectivity index (χ3v) is 2.58. The third kappa shape index (κ3) is 9.82. The van der Waals surface area contributed by atoms with Crippen LogP contribution in [-0.2, 0) is 9.53 Å². The topological polar surface area (TPSA) is 26.3 Å². The molecule has 2 nitrogen and oxygen atoms in total. The predicted molar refractivity (Wildman–Crippen MR) is 53.5 cm³/mol. The number of hydrogen-bond acceptors (Lipinski definition) is 3. The standard InChI is InChI=1S/C5H10S.C4H8O2/c1-2-4-6-5-3-1;1-3-6-4(2)5/h1-5H2;3H2,1-2H3. The first-order valence-corrected chi connectivity index (χ1v) is 5.64. The maximum absolute atomic E-state index is 9.82. The Morgan fingerprint density at radius 1 is 1.33 bits per heavy atom. The van der Waals surface area contributed by atoms with E-state index in [1.54, 1.807) is 6.92 Å². The maximum atomic E-state index is 9.82. The van der Waals surface area contributed by atoms with Gasteiger partial charge in [-0.1, -0.05) is 6.42 Å². The number of esters is 1. The van der Waals surface area contributed by atoms with E-state index >= 15 is 0 Å². The van der Waals surface area contributed by atoms with Crippen LogP contribution in [0.3, 0.4) is 0 Å². The van der Waals surface area contributed by atoms with Crippen LogP contribution in [0.25, 0.3) is 0 Å². The molecule has 0 unspecified atom stereocenters. The van der Waals surface area contributed by atoms with Crippen molar-refractivity contribution >= 4 is 17.7 Å². The largest absolute Gasteiger partial charge is 0.466 e. The zero-order valence-corrected chi connectivity index (χ0v) is 8.78. The molecule has 0 aromatic rings. The molecule has 1 fully saturated rings. The lowest BCUT2D eigenvalue weighted by Crippen LogP contribution is -1.95. The Labute approximate surface area is 79.1 Å². The molecule has 1 rings (SSSR count). The molecule has 1 aliphatic rings. The van der Waals surface area contributed by atoms with Crippen LogP contribution in [-0.4, -0.2) is 24.1 Å². The Morgan fingerprint density at radius 2 is 1.92 bits per heavy atom. The molecule has 0 aliphatic carbocycles. The van der Waals surface area contributed by atoms with Crippen molar-refractivity contribution in [2.24, 2.45) is 0 Å². The number of hydrogen-bond donors (Lipinski definition) is 0. The minimum atomic E-state index is -0.211. The van der Waals surface area contributed by atoms with Gasteiger partial charge >= 0.3 is 5.97 Å². The molecule has 72 valence electrons. The molecule has 0 aromatic heterocycles. The molecule has 0 saturated carbocycles. The molecule has 1 saturated heterocycles. The monoisotopic (exact) mass is 190 g/mol. The summed E-state index contributed by atoms with van der Waals surface area (Å²) in [5, 5.41) is 0. The fraction of sp³-hybridized carbons (Fsp3) is 0.889. The van der Waals surface area contributed by atoms with Gasteiger partial charge in [-0.2, -0.15) is 11.8 Å². The predicted octanol–water partition coefficient (Wildman–Crippen LogP) is 2.47. The van der Waals surface area contributed by atoms with E-state index in [9.17, 15) is 4.79 Å². The van der Waals surface area contributed by atoms with E-state index in [1.807, 2.05) is 0 Å². The van der Waals surface area contributed by atoms with E-state index < -0.39 is 0 Å². The van der Waals surface area contributed by atoms with Crippen LogP contribution in [0.4, 0.5) is 0 Å². The summed E-state index contributed by atoms with van der Waals surface area (Å²) in [5.74, 6) is 2.62. The second-order valence-electron chi connectivity index (χ2n) is 2.60. The van der Waals surface area contributed by atoms with Gasteiger partial charge in [-0.15, -0.1) is 0 Å². The summed E-state index contributed by atoms with van der Waals surface area (Å²) in [4.78, 5) is 9.82. The second-order valence-corrected chi connectivity index (χ2v) is 3.82. The highest BCUT2D eigenvalue weighted by molar-refractivity contribution is 7.99. The summed E-state index contributed by atoms with van der Waals surface area (Å²) in [6.45, 7) is 3.65. The number of ether oxygens (including phenoxy) is 1. The first-order chi connectivity index (χ1) is 5.77. The lowest BCUT2D eigenvalue weighted by atomic mass is 10.3. The highest BCUT2D eigenvalue weighted by Crippen LogP contribution is 2.14. The summed E-state index contributed by atoms with van der Waals surface area (Å²) in [6, 6.07) is 0. The van der Waals surface area contributed by atoms with Gasteiger partial charge in [-0.25, -0.2) is 0 Å². The van der Waals surface area contributed by atoms with Crippen molar-refractivity contribution in [1.29, 1.82) is 0 Å². The maximum Gasteiger partial charge on any atom is 0.302 e. The van der Waals surface area contributed by atoms with Gasteiger partial charge in [-0.3, -0.25) is 4.79 Å². The van der Waals surface area contributed by atoms with E-state index in [4.69, 9.17) is 0 Å². The van der Waals surface area contributed by atoms with E-state index in [1.165, 1.54) is 37.7 Å². The average molecular weight is 190 g/mol. The Hall–Kier alpha value is -0.180.